The molecular formula is C15H21N3O4. The molecule has 0 aromatic heterocycles. The summed E-state index contributed by atoms with van der Waals surface area (Å²) < 4.78 is 5.59. The highest BCUT2D eigenvalue weighted by Gasteiger charge is 2.16. The maximum Gasteiger partial charge on any atom is 0.273 e. The van der Waals surface area contributed by atoms with Gasteiger partial charge in [-0.15, -0.1) is 0 Å². The van der Waals surface area contributed by atoms with Gasteiger partial charge in [-0.1, -0.05) is 6.07 Å². The van der Waals surface area contributed by atoms with Gasteiger partial charge in [0.15, 0.2) is 0 Å². The van der Waals surface area contributed by atoms with Crippen LogP contribution in [0.15, 0.2) is 24.3 Å². The number of benzene rings is 1. The van der Waals surface area contributed by atoms with Crippen LogP contribution < -0.4 is 4.74 Å². The van der Waals surface area contributed by atoms with Gasteiger partial charge in [0.25, 0.3) is 5.69 Å². The van der Waals surface area contributed by atoms with E-state index in [-0.39, 0.29) is 11.6 Å². The summed E-state index contributed by atoms with van der Waals surface area (Å²) >= 11 is 0. The number of amides is 1. The van der Waals surface area contributed by atoms with Gasteiger partial charge in [0.05, 0.1) is 11.0 Å². The van der Waals surface area contributed by atoms with Crippen molar-refractivity contribution < 1.29 is 14.5 Å². The first-order valence-electron chi connectivity index (χ1n) is 7.41. The Hall–Kier alpha value is -2.15. The third-order valence-electron chi connectivity index (χ3n) is 3.74. The first-order valence-corrected chi connectivity index (χ1v) is 7.41. The highest BCUT2D eigenvalue weighted by molar-refractivity contribution is 5.73. The Bertz CT molecular complexity index is 535. The highest BCUT2D eigenvalue weighted by atomic mass is 16.6. The molecule has 2 rings (SSSR count). The largest absolute Gasteiger partial charge is 0.492 e. The summed E-state index contributed by atoms with van der Waals surface area (Å²) in [4.78, 5) is 25.8. The first-order chi connectivity index (χ1) is 10.6. The summed E-state index contributed by atoms with van der Waals surface area (Å²) in [7, 11) is 0. The molecule has 0 saturated carbocycles. The van der Waals surface area contributed by atoms with E-state index < -0.39 is 4.92 Å². The zero-order valence-corrected chi connectivity index (χ0v) is 12.7. The first kappa shape index (κ1) is 16.2. The van der Waals surface area contributed by atoms with E-state index in [0.717, 1.165) is 39.1 Å². The van der Waals surface area contributed by atoms with E-state index in [4.69, 9.17) is 4.74 Å². The topological polar surface area (TPSA) is 75.9 Å². The lowest BCUT2D eigenvalue weighted by Crippen LogP contribution is -2.35. The summed E-state index contributed by atoms with van der Waals surface area (Å²) in [6.07, 6.45) is 0.955. The SMILES string of the molecule is CC(=O)N1CCCN(CCOc2cccc([N+](=O)[O-])c2)CC1. The van der Waals surface area contributed by atoms with Crippen LogP contribution in [0.3, 0.4) is 0 Å². The molecule has 1 aromatic rings. The number of nitrogens with zero attached hydrogens (tertiary/aromatic N) is 3. The fourth-order valence-corrected chi connectivity index (χ4v) is 2.49. The van der Waals surface area contributed by atoms with Gasteiger partial charge in [-0.25, -0.2) is 0 Å². The van der Waals surface area contributed by atoms with Gasteiger partial charge in [0.2, 0.25) is 5.91 Å². The van der Waals surface area contributed by atoms with Crippen LogP contribution in [0.4, 0.5) is 5.69 Å². The summed E-state index contributed by atoms with van der Waals surface area (Å²) in [5.74, 6) is 0.629. The number of carbonyl (C=O) groups is 1. The van der Waals surface area contributed by atoms with E-state index in [0.29, 0.717) is 12.4 Å². The Morgan fingerprint density at radius 2 is 2.14 bits per heavy atom. The van der Waals surface area contributed by atoms with Crippen LogP contribution in [0, 0.1) is 10.1 Å². The van der Waals surface area contributed by atoms with Crippen LogP contribution in [0.1, 0.15) is 13.3 Å². The van der Waals surface area contributed by atoms with E-state index >= 15 is 0 Å². The molecule has 0 spiro atoms. The summed E-state index contributed by atoms with van der Waals surface area (Å²) in [5, 5.41) is 10.7. The Balaban J connectivity index is 1.78. The fraction of sp³-hybridized carbons (Fsp3) is 0.533. The number of nitro groups is 1. The van der Waals surface area contributed by atoms with E-state index in [1.165, 1.54) is 12.1 Å². The third-order valence-corrected chi connectivity index (χ3v) is 3.74. The number of carbonyl (C=O) groups excluding carboxylic acids is 1. The van der Waals surface area contributed by atoms with E-state index in [9.17, 15) is 14.9 Å². The molecule has 1 aliphatic heterocycles. The van der Waals surface area contributed by atoms with Crippen LogP contribution in [0.5, 0.6) is 5.75 Å². The minimum atomic E-state index is -0.433. The molecule has 0 aliphatic carbocycles. The minimum Gasteiger partial charge on any atom is -0.492 e. The average Bonchev–Trinajstić information content (AvgIpc) is 2.73. The molecular weight excluding hydrogens is 286 g/mol. The molecule has 1 fully saturated rings. The Labute approximate surface area is 129 Å². The smallest absolute Gasteiger partial charge is 0.273 e. The predicted molar refractivity (Wildman–Crippen MR) is 81.9 cm³/mol. The number of rotatable bonds is 5. The molecule has 22 heavy (non-hydrogen) atoms. The van der Waals surface area contributed by atoms with Crippen molar-refractivity contribution in [1.29, 1.82) is 0 Å². The second-order valence-electron chi connectivity index (χ2n) is 5.30. The molecule has 0 bridgehead atoms. The second kappa shape index (κ2) is 7.74. The molecule has 1 amide bonds. The van der Waals surface area contributed by atoms with Crippen molar-refractivity contribution in [3.05, 3.63) is 34.4 Å². The molecule has 1 aromatic carbocycles. The van der Waals surface area contributed by atoms with Crippen LogP contribution >= 0.6 is 0 Å². The molecule has 1 heterocycles. The quantitative estimate of drug-likeness (QED) is 0.609. The van der Waals surface area contributed by atoms with Crippen molar-refractivity contribution >= 4 is 11.6 Å². The normalized spacial score (nSPS) is 16.1. The van der Waals surface area contributed by atoms with Crippen LogP contribution in [-0.4, -0.2) is 60.0 Å². The summed E-state index contributed by atoms with van der Waals surface area (Å²) in [6, 6.07) is 6.20. The molecule has 0 N–H and O–H groups in total. The van der Waals surface area contributed by atoms with Crippen molar-refractivity contribution in [3.8, 4) is 5.75 Å². The highest BCUT2D eigenvalue weighted by Crippen LogP contribution is 2.19. The maximum atomic E-state index is 11.4. The van der Waals surface area contributed by atoms with E-state index in [1.54, 1.807) is 19.1 Å². The molecule has 7 nitrogen and oxygen atoms in total. The van der Waals surface area contributed by atoms with Crippen molar-refractivity contribution in [2.75, 3.05) is 39.3 Å². The monoisotopic (exact) mass is 307 g/mol. The number of ether oxygens (including phenoxy) is 1. The lowest BCUT2D eigenvalue weighted by Gasteiger charge is -2.21. The van der Waals surface area contributed by atoms with Crippen molar-refractivity contribution in [3.63, 3.8) is 0 Å². The van der Waals surface area contributed by atoms with E-state index in [2.05, 4.69) is 4.90 Å². The molecule has 0 unspecified atom stereocenters. The Morgan fingerprint density at radius 3 is 2.86 bits per heavy atom. The van der Waals surface area contributed by atoms with Gasteiger partial charge in [-0.2, -0.15) is 0 Å². The second-order valence-corrected chi connectivity index (χ2v) is 5.30. The Morgan fingerprint density at radius 1 is 1.32 bits per heavy atom. The minimum absolute atomic E-state index is 0.0318. The molecule has 0 radical (unpaired) electrons. The standard InChI is InChI=1S/C15H21N3O4/c1-13(19)17-7-3-6-16(8-9-17)10-11-22-15-5-2-4-14(12-15)18(20)21/h2,4-5,12H,3,6-11H2,1H3. The van der Waals surface area contributed by atoms with Gasteiger partial charge in [-0.05, 0) is 12.5 Å². The number of hydrogen-bond acceptors (Lipinski definition) is 5. The average molecular weight is 307 g/mol. The van der Waals surface area contributed by atoms with E-state index in [1.807, 2.05) is 4.90 Å². The summed E-state index contributed by atoms with van der Waals surface area (Å²) in [5.41, 5.74) is 0.0318. The lowest BCUT2D eigenvalue weighted by atomic mass is 10.3. The maximum absolute atomic E-state index is 11.4. The number of non-ortho nitro benzene ring substituents is 1. The van der Waals surface area contributed by atoms with Gasteiger partial charge in [0, 0.05) is 45.7 Å². The van der Waals surface area contributed by atoms with Gasteiger partial charge >= 0.3 is 0 Å². The van der Waals surface area contributed by atoms with Gasteiger partial charge in [0.1, 0.15) is 12.4 Å². The van der Waals surface area contributed by atoms with Crippen LogP contribution in [0.2, 0.25) is 0 Å². The zero-order valence-electron chi connectivity index (χ0n) is 12.7. The lowest BCUT2D eigenvalue weighted by molar-refractivity contribution is -0.384. The molecule has 120 valence electrons. The molecule has 7 heteroatoms. The van der Waals surface area contributed by atoms with Crippen molar-refractivity contribution in [1.82, 2.24) is 9.80 Å². The fourth-order valence-electron chi connectivity index (χ4n) is 2.49. The summed E-state index contributed by atoms with van der Waals surface area (Å²) in [6.45, 7) is 6.13. The van der Waals surface area contributed by atoms with Gasteiger partial charge in [-0.3, -0.25) is 19.8 Å². The number of hydrogen-bond donors (Lipinski definition) is 0. The zero-order chi connectivity index (χ0) is 15.9. The molecule has 1 saturated heterocycles. The van der Waals surface area contributed by atoms with Crippen LogP contribution in [-0.2, 0) is 4.79 Å². The molecule has 1 aliphatic rings. The van der Waals surface area contributed by atoms with Crippen LogP contribution in [0.25, 0.3) is 0 Å². The molecule has 0 atom stereocenters. The van der Waals surface area contributed by atoms with Crippen molar-refractivity contribution in [2.24, 2.45) is 0 Å². The predicted octanol–water partition coefficient (Wildman–Crippen LogP) is 1.53. The third kappa shape index (κ3) is 4.70. The van der Waals surface area contributed by atoms with Crippen molar-refractivity contribution in [2.45, 2.75) is 13.3 Å². The Kier molecular flexibility index (Phi) is 5.71. The van der Waals surface area contributed by atoms with Gasteiger partial charge < -0.3 is 9.64 Å². The number of nitro benzene ring substituents is 1.